The highest BCUT2D eigenvalue weighted by molar-refractivity contribution is 5.85. The Morgan fingerprint density at radius 3 is 2.20 bits per heavy atom. The molecule has 2 aromatic carbocycles. The quantitative estimate of drug-likeness (QED) is 0.729. The first kappa shape index (κ1) is 22.1. The van der Waals surface area contributed by atoms with Crippen molar-refractivity contribution in [1.82, 2.24) is 10.2 Å². The van der Waals surface area contributed by atoms with Crippen molar-refractivity contribution < 1.29 is 24.2 Å². The number of halogens is 1. The average molecular weight is 433 g/mol. The first-order chi connectivity index (χ1) is 14.1. The molecule has 1 aliphatic heterocycles. The van der Waals surface area contributed by atoms with Crippen LogP contribution in [0.15, 0.2) is 48.5 Å². The number of nitrogens with zero attached hydrogens (tertiary/aromatic N) is 1. The maximum atomic E-state index is 12.3. The summed E-state index contributed by atoms with van der Waals surface area (Å²) in [6.45, 7) is 2.81. The fourth-order valence-electron chi connectivity index (χ4n) is 4.01. The third kappa shape index (κ3) is 4.75. The second-order valence-corrected chi connectivity index (χ2v) is 7.27. The van der Waals surface area contributed by atoms with Gasteiger partial charge in [0.15, 0.2) is 0 Å². The van der Waals surface area contributed by atoms with Crippen LogP contribution in [0.3, 0.4) is 0 Å². The van der Waals surface area contributed by atoms with Crippen molar-refractivity contribution in [3.8, 4) is 11.1 Å². The third-order valence-electron chi connectivity index (χ3n) is 5.48. The lowest BCUT2D eigenvalue weighted by Gasteiger charge is -2.29. The summed E-state index contributed by atoms with van der Waals surface area (Å²) in [5.41, 5.74) is 4.52. The molecule has 2 aliphatic rings. The molecule has 2 aromatic rings. The number of carboxylic acid groups (broad SMARTS) is 1. The van der Waals surface area contributed by atoms with E-state index in [0.29, 0.717) is 26.3 Å². The fraction of sp³-hybridized carbons (Fsp3) is 0.364. The molecule has 1 saturated heterocycles. The Morgan fingerprint density at radius 1 is 1.07 bits per heavy atom. The molecule has 30 heavy (non-hydrogen) atoms. The maximum absolute atomic E-state index is 12.3. The summed E-state index contributed by atoms with van der Waals surface area (Å²) in [6, 6.07) is 15.1. The number of hydrogen-bond acceptors (Lipinski definition) is 5. The Bertz CT molecular complexity index is 855. The molecule has 0 unspecified atom stereocenters. The summed E-state index contributed by atoms with van der Waals surface area (Å²) in [5.74, 6) is -1.14. The lowest BCUT2D eigenvalue weighted by atomic mass is 9.98. The van der Waals surface area contributed by atoms with E-state index in [0.717, 1.165) is 22.3 Å². The van der Waals surface area contributed by atoms with Gasteiger partial charge in [-0.05, 0) is 22.3 Å². The predicted octanol–water partition coefficient (Wildman–Crippen LogP) is 2.73. The molecule has 0 aromatic heterocycles. The number of amides is 1. The summed E-state index contributed by atoms with van der Waals surface area (Å²) < 4.78 is 10.7. The molecule has 160 valence electrons. The molecule has 7 nitrogen and oxygen atoms in total. The highest BCUT2D eigenvalue weighted by Gasteiger charge is 2.30. The highest BCUT2D eigenvalue weighted by atomic mass is 35.5. The van der Waals surface area contributed by atoms with Gasteiger partial charge in [0.2, 0.25) is 0 Å². The summed E-state index contributed by atoms with van der Waals surface area (Å²) in [7, 11) is 0. The number of nitrogens with one attached hydrogen (secondary N) is 1. The van der Waals surface area contributed by atoms with E-state index in [1.54, 1.807) is 0 Å². The number of alkyl carbamates (subject to hydrolysis) is 1. The van der Waals surface area contributed by atoms with Gasteiger partial charge in [0.1, 0.15) is 12.6 Å². The molecule has 8 heteroatoms. The van der Waals surface area contributed by atoms with E-state index in [2.05, 4.69) is 17.4 Å². The largest absolute Gasteiger partial charge is 0.480 e. The smallest absolute Gasteiger partial charge is 0.407 e. The molecule has 0 saturated carbocycles. The highest BCUT2D eigenvalue weighted by Crippen LogP contribution is 2.44. The van der Waals surface area contributed by atoms with Crippen molar-refractivity contribution in [1.29, 1.82) is 0 Å². The zero-order valence-electron chi connectivity index (χ0n) is 16.5. The van der Waals surface area contributed by atoms with Gasteiger partial charge in [-0.15, -0.1) is 12.4 Å². The van der Waals surface area contributed by atoms with Gasteiger partial charge in [-0.2, -0.15) is 0 Å². The van der Waals surface area contributed by atoms with Gasteiger partial charge < -0.3 is 19.9 Å². The molecule has 1 fully saturated rings. The van der Waals surface area contributed by atoms with Crippen LogP contribution in [0.2, 0.25) is 0 Å². The first-order valence-corrected chi connectivity index (χ1v) is 9.78. The molecule has 4 rings (SSSR count). The lowest BCUT2D eigenvalue weighted by molar-refractivity contribution is -0.140. The second-order valence-electron chi connectivity index (χ2n) is 7.27. The van der Waals surface area contributed by atoms with E-state index >= 15 is 0 Å². The Hall–Kier alpha value is -2.61. The van der Waals surface area contributed by atoms with Crippen molar-refractivity contribution in [3.63, 3.8) is 0 Å². The van der Waals surface area contributed by atoms with E-state index in [9.17, 15) is 14.7 Å². The van der Waals surface area contributed by atoms with Crippen LogP contribution in [0.25, 0.3) is 11.1 Å². The van der Waals surface area contributed by atoms with E-state index < -0.39 is 18.1 Å². The Morgan fingerprint density at radius 2 is 1.63 bits per heavy atom. The Balaban J connectivity index is 0.00000256. The standard InChI is InChI=1S/C22H24N2O5.ClH/c25-21(26)20(13-24-9-11-28-12-10-24)23-22(27)29-14-19-17-7-3-1-5-15(17)16-6-2-4-8-18(16)19;/h1-8,19-20H,9-14H2,(H,23,27)(H,25,26);1H/t20-;/m0./s1. The number of morpholine rings is 1. The summed E-state index contributed by atoms with van der Waals surface area (Å²) in [6.07, 6.45) is -0.715. The van der Waals surface area contributed by atoms with Crippen LogP contribution in [0.4, 0.5) is 4.79 Å². The molecule has 1 amide bonds. The number of hydrogen-bond donors (Lipinski definition) is 2. The minimum atomic E-state index is -1.08. The summed E-state index contributed by atoms with van der Waals surface area (Å²) in [4.78, 5) is 25.9. The number of aliphatic carboxylic acids is 1. The average Bonchev–Trinajstić information content (AvgIpc) is 3.06. The van der Waals surface area contributed by atoms with E-state index in [-0.39, 0.29) is 31.5 Å². The molecule has 0 spiro atoms. The molecule has 1 heterocycles. The molecular formula is C22H25ClN2O5. The van der Waals surface area contributed by atoms with Gasteiger partial charge in [-0.25, -0.2) is 9.59 Å². The van der Waals surface area contributed by atoms with E-state index in [1.807, 2.05) is 41.3 Å². The second kappa shape index (κ2) is 9.93. The van der Waals surface area contributed by atoms with E-state index in [1.165, 1.54) is 0 Å². The van der Waals surface area contributed by atoms with Crippen LogP contribution in [0, 0.1) is 0 Å². The third-order valence-corrected chi connectivity index (χ3v) is 5.48. The van der Waals surface area contributed by atoms with Gasteiger partial charge in [0.25, 0.3) is 0 Å². The number of ether oxygens (including phenoxy) is 2. The van der Waals surface area contributed by atoms with Gasteiger partial charge in [0.05, 0.1) is 13.2 Å². The number of fused-ring (bicyclic) bond motifs is 3. The molecule has 0 bridgehead atoms. The van der Waals surface area contributed by atoms with Crippen LogP contribution in [0.1, 0.15) is 17.0 Å². The zero-order valence-corrected chi connectivity index (χ0v) is 17.3. The van der Waals surface area contributed by atoms with Crippen molar-refractivity contribution in [3.05, 3.63) is 59.7 Å². The van der Waals surface area contributed by atoms with Gasteiger partial charge in [-0.3, -0.25) is 4.90 Å². The number of rotatable bonds is 6. The summed E-state index contributed by atoms with van der Waals surface area (Å²) in [5, 5.41) is 12.0. The Labute approximate surface area is 181 Å². The SMILES string of the molecule is Cl.O=C(N[C@@H](CN1CCOCC1)C(=O)O)OCC1c2ccccc2-c2ccccc21. The minimum Gasteiger partial charge on any atom is -0.480 e. The maximum Gasteiger partial charge on any atom is 0.407 e. The lowest BCUT2D eigenvalue weighted by Crippen LogP contribution is -2.51. The van der Waals surface area contributed by atoms with Crippen LogP contribution >= 0.6 is 12.4 Å². The van der Waals surface area contributed by atoms with Gasteiger partial charge in [-0.1, -0.05) is 48.5 Å². The molecule has 2 N–H and O–H groups in total. The van der Waals surface area contributed by atoms with Gasteiger partial charge in [0, 0.05) is 25.6 Å². The normalized spacial score (nSPS) is 16.7. The molecule has 0 radical (unpaired) electrons. The topological polar surface area (TPSA) is 88.1 Å². The van der Waals surface area contributed by atoms with E-state index in [4.69, 9.17) is 9.47 Å². The van der Waals surface area contributed by atoms with Crippen LogP contribution in [-0.2, 0) is 14.3 Å². The molecule has 1 atom stereocenters. The number of carbonyl (C=O) groups excluding carboxylic acids is 1. The monoisotopic (exact) mass is 432 g/mol. The van der Waals surface area contributed by atoms with Crippen LogP contribution < -0.4 is 5.32 Å². The number of carboxylic acids is 1. The van der Waals surface area contributed by atoms with Crippen LogP contribution in [0.5, 0.6) is 0 Å². The number of carbonyl (C=O) groups is 2. The number of benzene rings is 2. The first-order valence-electron chi connectivity index (χ1n) is 9.78. The van der Waals surface area contributed by atoms with Crippen LogP contribution in [-0.4, -0.2) is 67.6 Å². The predicted molar refractivity (Wildman–Crippen MR) is 114 cm³/mol. The minimum absolute atomic E-state index is 0. The molecule has 1 aliphatic carbocycles. The van der Waals surface area contributed by atoms with Crippen molar-refractivity contribution in [2.75, 3.05) is 39.5 Å². The fourth-order valence-corrected chi connectivity index (χ4v) is 4.01. The zero-order chi connectivity index (χ0) is 20.2. The Kier molecular flexibility index (Phi) is 7.31. The van der Waals surface area contributed by atoms with Crippen molar-refractivity contribution in [2.45, 2.75) is 12.0 Å². The van der Waals surface area contributed by atoms with Crippen molar-refractivity contribution in [2.24, 2.45) is 0 Å². The van der Waals surface area contributed by atoms with Crippen molar-refractivity contribution >= 4 is 24.5 Å². The summed E-state index contributed by atoms with van der Waals surface area (Å²) >= 11 is 0. The molecular weight excluding hydrogens is 408 g/mol. The van der Waals surface area contributed by atoms with Gasteiger partial charge >= 0.3 is 12.1 Å².